The van der Waals surface area contributed by atoms with Crippen LogP contribution in [0.2, 0.25) is 0 Å². The molecule has 4 heteroatoms. The van der Waals surface area contributed by atoms with Gasteiger partial charge in [0.2, 0.25) is 11.6 Å². The van der Waals surface area contributed by atoms with Gasteiger partial charge in [-0.15, -0.1) is 6.42 Å². The highest BCUT2D eigenvalue weighted by Gasteiger charge is 2.43. The number of carbonyl (C=O) groups is 1. The number of nitrogens with zero attached hydrogens (tertiary/aromatic N) is 2. The van der Waals surface area contributed by atoms with Gasteiger partial charge in [0.1, 0.15) is 7.05 Å². The average Bonchev–Trinajstić information content (AvgIpc) is 3.22. The number of benzene rings is 2. The number of hydrogen-bond acceptors (Lipinski definition) is 2. The summed E-state index contributed by atoms with van der Waals surface area (Å²) in [6.45, 7) is 10.5. The van der Waals surface area contributed by atoms with E-state index < -0.39 is 0 Å². The van der Waals surface area contributed by atoms with Crippen LogP contribution in [-0.2, 0) is 15.6 Å². The number of hydrogen-bond donors (Lipinski definition) is 1. The summed E-state index contributed by atoms with van der Waals surface area (Å²) in [7, 11) is 2.16. The van der Waals surface area contributed by atoms with E-state index in [1.807, 2.05) is 0 Å². The monoisotopic (exact) mass is 494 g/mol. The van der Waals surface area contributed by atoms with Crippen molar-refractivity contribution in [3.8, 4) is 12.3 Å². The average molecular weight is 495 g/mol. The van der Waals surface area contributed by atoms with Crippen molar-refractivity contribution < 1.29 is 9.37 Å². The number of unbranched alkanes of at least 4 members (excludes halogenated alkanes) is 2. The maximum atomic E-state index is 11.9. The van der Waals surface area contributed by atoms with Gasteiger partial charge in [-0.1, -0.05) is 68.7 Å². The summed E-state index contributed by atoms with van der Waals surface area (Å²) in [5.74, 6) is 2.49. The van der Waals surface area contributed by atoms with Crippen molar-refractivity contribution in [2.45, 2.75) is 64.2 Å². The SMILES string of the molecule is C#CCNC(=O)CCCCCN1C(=C/C=C/C2=[N+](C)c3ccccc3C2(C)C)C(C)(C)c2ccccc21. The summed E-state index contributed by atoms with van der Waals surface area (Å²) in [6, 6.07) is 17.4. The van der Waals surface area contributed by atoms with Gasteiger partial charge in [-0.05, 0) is 44.4 Å². The minimum Gasteiger partial charge on any atom is -0.345 e. The van der Waals surface area contributed by atoms with E-state index in [2.05, 4.69) is 122 Å². The van der Waals surface area contributed by atoms with Gasteiger partial charge in [0.15, 0.2) is 5.71 Å². The number of rotatable bonds is 9. The molecule has 0 fully saturated rings. The van der Waals surface area contributed by atoms with Crippen molar-refractivity contribution in [3.05, 3.63) is 83.6 Å². The summed E-state index contributed by atoms with van der Waals surface area (Å²) >= 11 is 0. The Balaban J connectivity index is 1.52. The standard InChI is InChI=1S/C33H39N3O/c1-7-23-34-31(37)22-9-8-14-24-36-28-19-13-11-17-26(28)33(4,5)30(36)21-15-20-29-32(2,3)25-16-10-12-18-27(25)35(29)6/h1,10-13,15-21H,8-9,14,22-24H2,2-6H3/p+1. The Morgan fingerprint density at radius 1 is 1.00 bits per heavy atom. The molecular weight excluding hydrogens is 454 g/mol. The normalized spacial score (nSPS) is 18.3. The molecule has 1 N–H and O–H groups in total. The van der Waals surface area contributed by atoms with E-state index in [0.717, 1.165) is 25.8 Å². The van der Waals surface area contributed by atoms with Crippen molar-refractivity contribution in [1.29, 1.82) is 0 Å². The molecule has 0 radical (unpaired) electrons. The Morgan fingerprint density at radius 3 is 2.43 bits per heavy atom. The summed E-state index contributed by atoms with van der Waals surface area (Å²) in [6.07, 6.45) is 15.4. The molecule has 0 aromatic heterocycles. The van der Waals surface area contributed by atoms with E-state index in [1.165, 1.54) is 33.9 Å². The minimum absolute atomic E-state index is 0.0378. The Kier molecular flexibility index (Phi) is 7.73. The number of nitrogens with one attached hydrogen (secondary N) is 1. The topological polar surface area (TPSA) is 35.4 Å². The fraction of sp³-hybridized carbons (Fsp3) is 0.394. The zero-order chi connectivity index (χ0) is 26.6. The van der Waals surface area contributed by atoms with Crippen LogP contribution in [0.4, 0.5) is 11.4 Å². The van der Waals surface area contributed by atoms with Gasteiger partial charge in [-0.3, -0.25) is 4.79 Å². The quantitative estimate of drug-likeness (QED) is 0.254. The molecule has 2 aromatic carbocycles. The third-order valence-electron chi connectivity index (χ3n) is 7.92. The van der Waals surface area contributed by atoms with Crippen LogP contribution < -0.4 is 10.2 Å². The van der Waals surface area contributed by atoms with Crippen LogP contribution in [-0.4, -0.2) is 36.3 Å². The Labute approximate surface area is 222 Å². The van der Waals surface area contributed by atoms with Crippen LogP contribution in [0.5, 0.6) is 0 Å². The lowest BCUT2D eigenvalue weighted by atomic mass is 9.81. The second kappa shape index (κ2) is 10.8. The minimum atomic E-state index is -0.0826. The van der Waals surface area contributed by atoms with Gasteiger partial charge in [0.05, 0.1) is 12.0 Å². The number of allylic oxidation sites excluding steroid dienone is 4. The number of anilines is 1. The molecule has 0 bridgehead atoms. The van der Waals surface area contributed by atoms with Crippen molar-refractivity contribution in [2.75, 3.05) is 25.0 Å². The lowest BCUT2D eigenvalue weighted by Crippen LogP contribution is -2.27. The molecule has 2 aromatic rings. The van der Waals surface area contributed by atoms with E-state index >= 15 is 0 Å². The van der Waals surface area contributed by atoms with Gasteiger partial charge >= 0.3 is 0 Å². The van der Waals surface area contributed by atoms with Crippen molar-refractivity contribution >= 4 is 23.0 Å². The largest absolute Gasteiger partial charge is 0.345 e. The Morgan fingerprint density at radius 2 is 1.70 bits per heavy atom. The highest BCUT2D eigenvalue weighted by Crippen LogP contribution is 2.47. The third kappa shape index (κ3) is 5.14. The smallest absolute Gasteiger partial charge is 0.220 e. The molecule has 1 amide bonds. The van der Waals surface area contributed by atoms with Crippen LogP contribution in [0.3, 0.4) is 0 Å². The van der Waals surface area contributed by atoms with Gasteiger partial charge < -0.3 is 10.2 Å². The molecule has 192 valence electrons. The summed E-state index contributed by atoms with van der Waals surface area (Å²) < 4.78 is 2.32. The van der Waals surface area contributed by atoms with Crippen LogP contribution in [0.1, 0.15) is 64.5 Å². The predicted octanol–water partition coefficient (Wildman–Crippen LogP) is 6.24. The molecule has 2 aliphatic heterocycles. The first-order valence-electron chi connectivity index (χ1n) is 13.4. The van der Waals surface area contributed by atoms with E-state index in [9.17, 15) is 4.79 Å². The first kappa shape index (κ1) is 26.5. The zero-order valence-electron chi connectivity index (χ0n) is 23.0. The van der Waals surface area contributed by atoms with Crippen molar-refractivity contribution in [2.24, 2.45) is 0 Å². The fourth-order valence-electron chi connectivity index (χ4n) is 5.88. The second-order valence-corrected chi connectivity index (χ2v) is 11.1. The number of fused-ring (bicyclic) bond motifs is 2. The summed E-state index contributed by atoms with van der Waals surface area (Å²) in [4.78, 5) is 14.3. The highest BCUT2D eigenvalue weighted by atomic mass is 16.1. The van der Waals surface area contributed by atoms with Gasteiger partial charge in [0.25, 0.3) is 0 Å². The van der Waals surface area contributed by atoms with Crippen LogP contribution in [0.15, 0.2) is 72.5 Å². The molecule has 2 heterocycles. The van der Waals surface area contributed by atoms with Crippen molar-refractivity contribution in [3.63, 3.8) is 0 Å². The fourth-order valence-corrected chi connectivity index (χ4v) is 5.88. The molecule has 0 saturated heterocycles. The van der Waals surface area contributed by atoms with Gasteiger partial charge in [-0.2, -0.15) is 4.58 Å². The first-order valence-corrected chi connectivity index (χ1v) is 13.4. The molecule has 0 atom stereocenters. The van der Waals surface area contributed by atoms with E-state index in [4.69, 9.17) is 6.42 Å². The maximum absolute atomic E-state index is 11.9. The molecule has 37 heavy (non-hydrogen) atoms. The molecular formula is C33H40N3O+. The van der Waals surface area contributed by atoms with Crippen molar-refractivity contribution in [1.82, 2.24) is 5.32 Å². The van der Waals surface area contributed by atoms with Crippen LogP contribution in [0, 0.1) is 12.3 Å². The van der Waals surface area contributed by atoms with Crippen LogP contribution >= 0.6 is 0 Å². The van der Waals surface area contributed by atoms with E-state index in [1.54, 1.807) is 0 Å². The van der Waals surface area contributed by atoms with Gasteiger partial charge in [0, 0.05) is 47.5 Å². The number of para-hydroxylation sites is 2. The molecule has 4 nitrogen and oxygen atoms in total. The third-order valence-corrected chi connectivity index (χ3v) is 7.92. The predicted molar refractivity (Wildman–Crippen MR) is 155 cm³/mol. The highest BCUT2D eigenvalue weighted by molar-refractivity contribution is 6.03. The summed E-state index contributed by atoms with van der Waals surface area (Å²) in [5.41, 5.74) is 7.79. The van der Waals surface area contributed by atoms with E-state index in [-0.39, 0.29) is 16.7 Å². The molecule has 0 spiro atoms. The number of terminal acetylenes is 1. The molecule has 4 rings (SSSR count). The lowest BCUT2D eigenvalue weighted by molar-refractivity contribution is -0.401. The molecule has 2 aliphatic rings. The Hall–Kier alpha value is -3.58. The first-order chi connectivity index (χ1) is 17.7. The van der Waals surface area contributed by atoms with Crippen LogP contribution in [0.25, 0.3) is 0 Å². The second-order valence-electron chi connectivity index (χ2n) is 11.1. The molecule has 0 saturated carbocycles. The Bertz CT molecular complexity index is 1300. The van der Waals surface area contributed by atoms with E-state index in [0.29, 0.717) is 13.0 Å². The molecule has 0 unspecified atom stereocenters. The number of carbonyl (C=O) groups excluding carboxylic acids is 1. The summed E-state index contributed by atoms with van der Waals surface area (Å²) in [5, 5.41) is 2.75. The zero-order valence-corrected chi connectivity index (χ0v) is 23.0. The molecule has 0 aliphatic carbocycles. The lowest BCUT2D eigenvalue weighted by Gasteiger charge is -2.27. The number of amides is 1. The van der Waals surface area contributed by atoms with Gasteiger partial charge in [-0.25, -0.2) is 0 Å². The maximum Gasteiger partial charge on any atom is 0.220 e.